The number of rotatable bonds is 7. The molecule has 5 heterocycles. The van der Waals surface area contributed by atoms with Crippen molar-refractivity contribution in [2.45, 2.75) is 50.7 Å². The number of piperidine rings is 1. The Morgan fingerprint density at radius 2 is 1.84 bits per heavy atom. The molecule has 10 nitrogen and oxygen atoms in total. The van der Waals surface area contributed by atoms with Crippen molar-refractivity contribution in [3.63, 3.8) is 0 Å². The van der Waals surface area contributed by atoms with E-state index in [-0.39, 0.29) is 22.6 Å². The molecule has 196 valence electrons. The lowest BCUT2D eigenvalue weighted by Gasteiger charge is -2.33. The predicted molar refractivity (Wildman–Crippen MR) is 137 cm³/mol. The van der Waals surface area contributed by atoms with E-state index in [0.29, 0.717) is 39.0 Å². The minimum atomic E-state index is -3.61. The smallest absolute Gasteiger partial charge is 0.324 e. The van der Waals surface area contributed by atoms with E-state index in [1.807, 2.05) is 20.8 Å². The fourth-order valence-electron chi connectivity index (χ4n) is 4.22. The van der Waals surface area contributed by atoms with Gasteiger partial charge < -0.3 is 14.2 Å². The van der Waals surface area contributed by atoms with Crippen molar-refractivity contribution in [2.24, 2.45) is 5.92 Å². The zero-order valence-electron chi connectivity index (χ0n) is 20.9. The molecule has 0 aromatic carbocycles. The largest absolute Gasteiger partial charge is 0.467 e. The van der Waals surface area contributed by atoms with Gasteiger partial charge in [-0.1, -0.05) is 30.3 Å². The zero-order valence-corrected chi connectivity index (χ0v) is 22.5. The van der Waals surface area contributed by atoms with Crippen LogP contribution in [-0.2, 0) is 9.84 Å². The number of hydrogen-bond donors (Lipinski definition) is 0. The van der Waals surface area contributed by atoms with Crippen LogP contribution in [0.2, 0.25) is 0 Å². The van der Waals surface area contributed by atoms with Gasteiger partial charge in [-0.15, -0.1) is 0 Å². The van der Waals surface area contributed by atoms with Crippen LogP contribution in [0, 0.1) is 11.9 Å². The highest BCUT2D eigenvalue weighted by atomic mass is 32.2. The van der Waals surface area contributed by atoms with Gasteiger partial charge in [0.05, 0.1) is 11.3 Å². The van der Waals surface area contributed by atoms with Crippen LogP contribution in [0.1, 0.15) is 45.4 Å². The standard InChI is InChI=1S/C24H27FN6O4S2/c1-13(2)21-29-23(35-30-21)31-11-9-15(10-12-31)14(3)34-24-27-18-7-6-17(26-22(18)36-24)16-5-8-19(28-20(16)25)37(4,32)33/h5-8,13-15H,9-12H2,1-4H3. The summed E-state index contributed by atoms with van der Waals surface area (Å²) in [6.07, 6.45) is 2.77. The molecule has 1 aliphatic heterocycles. The highest BCUT2D eigenvalue weighted by Gasteiger charge is 2.28. The summed E-state index contributed by atoms with van der Waals surface area (Å²) in [6, 6.07) is 6.59. The molecule has 5 rings (SSSR count). The summed E-state index contributed by atoms with van der Waals surface area (Å²) in [5, 5.41) is 4.23. The Kier molecular flexibility index (Phi) is 6.84. The summed E-state index contributed by atoms with van der Waals surface area (Å²) in [5.41, 5.74) is 1.10. The van der Waals surface area contributed by atoms with Crippen LogP contribution in [0.25, 0.3) is 21.6 Å². The van der Waals surface area contributed by atoms with Gasteiger partial charge in [0.25, 0.3) is 5.19 Å². The van der Waals surface area contributed by atoms with E-state index in [1.165, 1.54) is 23.5 Å². The molecule has 4 aromatic heterocycles. The first-order valence-corrected chi connectivity index (χ1v) is 14.7. The molecule has 1 unspecified atom stereocenters. The van der Waals surface area contributed by atoms with Crippen LogP contribution in [-0.4, -0.2) is 59.0 Å². The molecule has 4 aromatic rings. The molecule has 0 spiro atoms. The van der Waals surface area contributed by atoms with Gasteiger partial charge in [-0.05, 0) is 49.9 Å². The summed E-state index contributed by atoms with van der Waals surface area (Å²) >= 11 is 1.29. The van der Waals surface area contributed by atoms with Crippen molar-refractivity contribution in [3.8, 4) is 16.5 Å². The predicted octanol–water partition coefficient (Wildman–Crippen LogP) is 4.49. The number of hydrogen-bond acceptors (Lipinski definition) is 11. The first-order valence-electron chi connectivity index (χ1n) is 12.0. The molecule has 1 aliphatic rings. The van der Waals surface area contributed by atoms with Crippen molar-refractivity contribution in [1.29, 1.82) is 0 Å². The Bertz CT molecular complexity index is 1530. The molecular formula is C24H27FN6O4S2. The van der Waals surface area contributed by atoms with Crippen molar-refractivity contribution >= 4 is 37.5 Å². The van der Waals surface area contributed by atoms with Crippen molar-refractivity contribution in [2.75, 3.05) is 24.2 Å². The van der Waals surface area contributed by atoms with E-state index in [2.05, 4.69) is 30.0 Å². The topological polar surface area (TPSA) is 124 Å². The van der Waals surface area contributed by atoms with Crippen molar-refractivity contribution < 1.29 is 22.1 Å². The molecule has 13 heteroatoms. The number of sulfone groups is 1. The molecule has 0 aliphatic carbocycles. The molecule has 0 amide bonds. The number of fused-ring (bicyclic) bond motifs is 1. The summed E-state index contributed by atoms with van der Waals surface area (Å²) in [5.74, 6) is 0.384. The van der Waals surface area contributed by atoms with Crippen LogP contribution in [0.3, 0.4) is 0 Å². The normalized spacial score (nSPS) is 16.0. The van der Waals surface area contributed by atoms with E-state index in [1.54, 1.807) is 12.1 Å². The summed E-state index contributed by atoms with van der Waals surface area (Å²) in [4.78, 5) is 19.8. The third-order valence-electron chi connectivity index (χ3n) is 6.42. The van der Waals surface area contributed by atoms with Gasteiger partial charge in [0, 0.05) is 25.3 Å². The van der Waals surface area contributed by atoms with Crippen LogP contribution in [0.4, 0.5) is 10.4 Å². The number of pyridine rings is 2. The van der Waals surface area contributed by atoms with Crippen LogP contribution in [0.15, 0.2) is 33.8 Å². The fraction of sp³-hybridized carbons (Fsp3) is 0.458. The van der Waals surface area contributed by atoms with Gasteiger partial charge in [0.2, 0.25) is 5.95 Å². The lowest BCUT2D eigenvalue weighted by atomic mass is 9.92. The Labute approximate surface area is 217 Å². The van der Waals surface area contributed by atoms with Gasteiger partial charge in [-0.25, -0.2) is 23.4 Å². The minimum absolute atomic E-state index is 0.0544. The van der Waals surface area contributed by atoms with Gasteiger partial charge in [-0.3, -0.25) is 0 Å². The molecule has 1 fully saturated rings. The van der Waals surface area contributed by atoms with Crippen LogP contribution >= 0.6 is 11.3 Å². The Hall–Kier alpha value is -3.19. The Morgan fingerprint density at radius 3 is 2.49 bits per heavy atom. The summed E-state index contributed by atoms with van der Waals surface area (Å²) in [6.45, 7) is 7.72. The zero-order chi connectivity index (χ0) is 26.3. The lowest BCUT2D eigenvalue weighted by Crippen LogP contribution is -2.38. The quantitative estimate of drug-likeness (QED) is 0.306. The van der Waals surface area contributed by atoms with Gasteiger partial charge in [-0.2, -0.15) is 9.37 Å². The second-order valence-corrected chi connectivity index (χ2v) is 12.4. The van der Waals surface area contributed by atoms with E-state index in [0.717, 1.165) is 32.2 Å². The number of anilines is 1. The van der Waals surface area contributed by atoms with Gasteiger partial charge >= 0.3 is 6.01 Å². The summed E-state index contributed by atoms with van der Waals surface area (Å²) < 4.78 is 49.4. The minimum Gasteiger partial charge on any atom is -0.467 e. The van der Waals surface area contributed by atoms with Crippen molar-refractivity contribution in [1.82, 2.24) is 25.1 Å². The molecule has 0 radical (unpaired) electrons. The second kappa shape index (κ2) is 9.93. The molecule has 0 bridgehead atoms. The number of halogens is 1. The van der Waals surface area contributed by atoms with Gasteiger partial charge in [0.15, 0.2) is 20.7 Å². The molecular weight excluding hydrogens is 519 g/mol. The third-order valence-corrected chi connectivity index (χ3v) is 8.27. The maximum Gasteiger partial charge on any atom is 0.324 e. The van der Waals surface area contributed by atoms with Crippen LogP contribution < -0.4 is 9.64 Å². The van der Waals surface area contributed by atoms with Crippen molar-refractivity contribution in [3.05, 3.63) is 36.0 Å². The maximum atomic E-state index is 14.6. The Morgan fingerprint density at radius 1 is 1.08 bits per heavy atom. The van der Waals surface area contributed by atoms with E-state index in [9.17, 15) is 12.8 Å². The average molecular weight is 547 g/mol. The maximum absolute atomic E-state index is 14.6. The molecule has 1 atom stereocenters. The molecule has 0 N–H and O–H groups in total. The van der Waals surface area contributed by atoms with E-state index >= 15 is 0 Å². The second-order valence-electron chi connectivity index (χ2n) is 9.50. The number of nitrogens with zero attached hydrogens (tertiary/aromatic N) is 6. The number of aromatic nitrogens is 5. The average Bonchev–Trinajstić information content (AvgIpc) is 3.50. The van der Waals surface area contributed by atoms with Crippen LogP contribution in [0.5, 0.6) is 5.19 Å². The molecule has 1 saturated heterocycles. The first-order chi connectivity index (χ1) is 17.6. The molecule has 0 saturated carbocycles. The SMILES string of the molecule is CC(C)c1noc(N2CCC(C(C)Oc3nc4ccc(-c5ccc(S(C)(=O)=O)nc5F)nc4s3)CC2)n1. The third kappa shape index (κ3) is 5.42. The van der Waals surface area contributed by atoms with E-state index in [4.69, 9.17) is 9.26 Å². The highest BCUT2D eigenvalue weighted by Crippen LogP contribution is 2.33. The summed E-state index contributed by atoms with van der Waals surface area (Å²) in [7, 11) is -3.61. The fourth-order valence-corrected chi connectivity index (χ4v) is 5.65. The first kappa shape index (κ1) is 25.5. The number of ether oxygens (including phenoxy) is 1. The van der Waals surface area contributed by atoms with Gasteiger partial charge in [0.1, 0.15) is 16.5 Å². The lowest BCUT2D eigenvalue weighted by molar-refractivity contribution is 0.131. The monoisotopic (exact) mass is 546 g/mol. The number of thiazole rings is 1. The highest BCUT2D eigenvalue weighted by molar-refractivity contribution is 7.90. The Balaban J connectivity index is 1.25. The van der Waals surface area contributed by atoms with E-state index < -0.39 is 15.8 Å². The molecule has 37 heavy (non-hydrogen) atoms.